The van der Waals surface area contributed by atoms with Crippen LogP contribution in [0.4, 0.5) is 11.4 Å². The second-order valence-electron chi connectivity index (χ2n) is 10.3. The van der Waals surface area contributed by atoms with E-state index in [1.165, 1.54) is 16.7 Å². The topological polar surface area (TPSA) is 52.6 Å². The lowest BCUT2D eigenvalue weighted by Gasteiger charge is -2.24. The van der Waals surface area contributed by atoms with Crippen molar-refractivity contribution in [2.45, 2.75) is 53.5 Å². The van der Waals surface area contributed by atoms with Gasteiger partial charge in [0.2, 0.25) is 0 Å². The Hall–Kier alpha value is -3.11. The quantitative estimate of drug-likeness (QED) is 0.333. The molecule has 4 nitrogen and oxygen atoms in total. The van der Waals surface area contributed by atoms with Gasteiger partial charge in [0.1, 0.15) is 0 Å². The molecule has 0 aromatic heterocycles. The van der Waals surface area contributed by atoms with E-state index in [-0.39, 0.29) is 17.9 Å². The fourth-order valence-electron chi connectivity index (χ4n) is 3.40. The van der Waals surface area contributed by atoms with Gasteiger partial charge in [-0.3, -0.25) is 10.0 Å². The summed E-state index contributed by atoms with van der Waals surface area (Å²) in [5, 5.41) is 14.2. The van der Waals surface area contributed by atoms with Crippen molar-refractivity contribution in [1.29, 1.82) is 0 Å². The van der Waals surface area contributed by atoms with Crippen molar-refractivity contribution in [1.82, 2.24) is 5.06 Å². The molecule has 0 aliphatic carbocycles. The molecule has 0 saturated heterocycles. The summed E-state index contributed by atoms with van der Waals surface area (Å²) in [4.78, 5) is 12.1. The number of hydroxylamine groups is 2. The van der Waals surface area contributed by atoms with Crippen LogP contribution in [0.2, 0.25) is 0 Å². The van der Waals surface area contributed by atoms with Crippen LogP contribution in [0, 0.1) is 5.41 Å². The van der Waals surface area contributed by atoms with Crippen molar-refractivity contribution in [2.75, 3.05) is 5.32 Å². The van der Waals surface area contributed by atoms with Gasteiger partial charge in [0.25, 0.3) is 5.91 Å². The maximum atomic E-state index is 12.1. The Morgan fingerprint density at radius 2 is 1.19 bits per heavy atom. The van der Waals surface area contributed by atoms with Crippen LogP contribution in [-0.2, 0) is 16.8 Å². The fourth-order valence-corrected chi connectivity index (χ4v) is 3.40. The van der Waals surface area contributed by atoms with E-state index in [9.17, 15) is 10.0 Å². The Morgan fingerprint density at radius 3 is 1.62 bits per heavy atom. The van der Waals surface area contributed by atoms with E-state index >= 15 is 0 Å². The van der Waals surface area contributed by atoms with Crippen LogP contribution in [0.15, 0.2) is 72.8 Å². The highest BCUT2D eigenvalue weighted by Gasteiger charge is 2.26. The molecule has 0 aliphatic rings. The number of amides is 1. The number of benzene rings is 3. The number of nitrogens with one attached hydrogen (secondary N) is 1. The molecule has 32 heavy (non-hydrogen) atoms. The van der Waals surface area contributed by atoms with Gasteiger partial charge >= 0.3 is 0 Å². The molecule has 0 unspecified atom stereocenters. The van der Waals surface area contributed by atoms with Gasteiger partial charge in [0.15, 0.2) is 0 Å². The SMILES string of the molecule is CC(C)(C)C(=O)N(O)Cc1ccc(Nc2ccc(-c3ccc(C(C)(C)C)cc3)cc2)cc1. The van der Waals surface area contributed by atoms with E-state index in [0.717, 1.165) is 22.0 Å². The number of hydrogen-bond donors (Lipinski definition) is 2. The van der Waals surface area contributed by atoms with Crippen LogP contribution < -0.4 is 5.32 Å². The number of carbonyl (C=O) groups excluding carboxylic acids is 1. The number of carbonyl (C=O) groups is 1. The zero-order valence-corrected chi connectivity index (χ0v) is 19.9. The highest BCUT2D eigenvalue weighted by Crippen LogP contribution is 2.27. The Morgan fingerprint density at radius 1 is 0.750 bits per heavy atom. The first kappa shape index (κ1) is 23.6. The molecule has 0 atom stereocenters. The molecule has 0 fully saturated rings. The number of hydrogen-bond acceptors (Lipinski definition) is 3. The average Bonchev–Trinajstić information content (AvgIpc) is 2.74. The molecule has 2 N–H and O–H groups in total. The Bertz CT molecular complexity index is 1040. The molecule has 4 heteroatoms. The Kier molecular flexibility index (Phi) is 6.75. The maximum absolute atomic E-state index is 12.1. The van der Waals surface area contributed by atoms with Crippen LogP contribution in [0.3, 0.4) is 0 Å². The summed E-state index contributed by atoms with van der Waals surface area (Å²) in [6, 6.07) is 24.8. The van der Waals surface area contributed by atoms with Crippen LogP contribution >= 0.6 is 0 Å². The third-order valence-electron chi connectivity index (χ3n) is 5.42. The molecule has 0 saturated carbocycles. The first-order valence-corrected chi connectivity index (χ1v) is 11.0. The van der Waals surface area contributed by atoms with Crippen molar-refractivity contribution in [3.8, 4) is 11.1 Å². The first-order valence-electron chi connectivity index (χ1n) is 11.0. The minimum absolute atomic E-state index is 0.152. The number of anilines is 2. The molecular weight excluding hydrogens is 396 g/mol. The minimum Gasteiger partial charge on any atom is -0.356 e. The predicted octanol–water partition coefficient (Wildman–Crippen LogP) is 7.16. The number of rotatable bonds is 5. The summed E-state index contributed by atoms with van der Waals surface area (Å²) < 4.78 is 0. The van der Waals surface area contributed by atoms with Gasteiger partial charge < -0.3 is 5.32 Å². The van der Waals surface area contributed by atoms with Gasteiger partial charge in [0, 0.05) is 16.8 Å². The highest BCUT2D eigenvalue weighted by atomic mass is 16.5. The second kappa shape index (κ2) is 9.17. The zero-order chi connectivity index (χ0) is 23.5. The summed E-state index contributed by atoms with van der Waals surface area (Å²) in [7, 11) is 0. The van der Waals surface area contributed by atoms with Gasteiger partial charge in [-0.15, -0.1) is 0 Å². The van der Waals surface area contributed by atoms with Crippen LogP contribution in [0.25, 0.3) is 11.1 Å². The molecule has 3 aromatic carbocycles. The monoisotopic (exact) mass is 430 g/mol. The summed E-state index contributed by atoms with van der Waals surface area (Å²) >= 11 is 0. The lowest BCUT2D eigenvalue weighted by atomic mass is 9.86. The largest absolute Gasteiger partial charge is 0.356 e. The van der Waals surface area contributed by atoms with Gasteiger partial charge in [-0.05, 0) is 51.9 Å². The average molecular weight is 431 g/mol. The van der Waals surface area contributed by atoms with Gasteiger partial charge in [-0.25, -0.2) is 5.06 Å². The van der Waals surface area contributed by atoms with E-state index in [2.05, 4.69) is 74.6 Å². The van der Waals surface area contributed by atoms with Crippen molar-refractivity contribution in [3.05, 3.63) is 83.9 Å². The van der Waals surface area contributed by atoms with Gasteiger partial charge in [0.05, 0.1) is 6.54 Å². The first-order chi connectivity index (χ1) is 14.9. The fraction of sp³-hybridized carbons (Fsp3) is 0.321. The minimum atomic E-state index is -0.614. The molecule has 1 amide bonds. The second-order valence-corrected chi connectivity index (χ2v) is 10.3. The third kappa shape index (κ3) is 5.98. The van der Waals surface area contributed by atoms with Crippen molar-refractivity contribution >= 4 is 17.3 Å². The van der Waals surface area contributed by atoms with E-state index in [1.54, 1.807) is 20.8 Å². The summed E-state index contributed by atoms with van der Waals surface area (Å²) in [6.45, 7) is 12.2. The standard InChI is InChI=1S/C28H34N2O2/c1-27(2,3)23-13-9-21(10-14-23)22-11-17-25(18-12-22)29-24-15-7-20(8-16-24)19-30(32)26(31)28(4,5)6/h7-18,29,32H,19H2,1-6H3. The molecule has 0 spiro atoms. The van der Waals surface area contributed by atoms with E-state index < -0.39 is 5.41 Å². The van der Waals surface area contributed by atoms with E-state index in [1.807, 2.05) is 24.3 Å². The normalized spacial score (nSPS) is 11.8. The molecule has 3 rings (SSSR count). The molecule has 0 aliphatic heterocycles. The summed E-state index contributed by atoms with van der Waals surface area (Å²) in [5.74, 6) is -0.298. The van der Waals surface area contributed by atoms with Crippen molar-refractivity contribution < 1.29 is 10.0 Å². The van der Waals surface area contributed by atoms with Gasteiger partial charge in [-0.1, -0.05) is 90.1 Å². The van der Waals surface area contributed by atoms with Crippen LogP contribution in [-0.4, -0.2) is 16.2 Å². The van der Waals surface area contributed by atoms with Gasteiger partial charge in [-0.2, -0.15) is 0 Å². The van der Waals surface area contributed by atoms with E-state index in [4.69, 9.17) is 0 Å². The van der Waals surface area contributed by atoms with Crippen molar-refractivity contribution in [2.24, 2.45) is 5.41 Å². The van der Waals surface area contributed by atoms with Crippen molar-refractivity contribution in [3.63, 3.8) is 0 Å². The molecular formula is C28H34N2O2. The smallest absolute Gasteiger partial charge is 0.251 e. The molecule has 168 valence electrons. The Balaban J connectivity index is 1.62. The van der Waals surface area contributed by atoms with E-state index in [0.29, 0.717) is 0 Å². The maximum Gasteiger partial charge on any atom is 0.251 e. The third-order valence-corrected chi connectivity index (χ3v) is 5.42. The lowest BCUT2D eigenvalue weighted by molar-refractivity contribution is -0.177. The zero-order valence-electron chi connectivity index (χ0n) is 19.9. The predicted molar refractivity (Wildman–Crippen MR) is 132 cm³/mol. The summed E-state index contributed by atoms with van der Waals surface area (Å²) in [6.07, 6.45) is 0. The molecule has 0 bridgehead atoms. The lowest BCUT2D eigenvalue weighted by Crippen LogP contribution is -2.36. The van der Waals surface area contributed by atoms with Crippen LogP contribution in [0.1, 0.15) is 52.7 Å². The Labute approximate surface area is 191 Å². The number of nitrogens with zero attached hydrogens (tertiary/aromatic N) is 1. The molecule has 3 aromatic rings. The van der Waals surface area contributed by atoms with Crippen LogP contribution in [0.5, 0.6) is 0 Å². The summed E-state index contributed by atoms with van der Waals surface area (Å²) in [5.41, 5.74) is 6.06. The molecule has 0 heterocycles. The highest BCUT2D eigenvalue weighted by molar-refractivity contribution is 5.80. The molecule has 0 radical (unpaired) electrons.